The van der Waals surface area contributed by atoms with Gasteiger partial charge in [-0.15, -0.1) is 11.3 Å². The van der Waals surface area contributed by atoms with Crippen molar-refractivity contribution in [3.63, 3.8) is 0 Å². The topological polar surface area (TPSA) is 21.3 Å². The van der Waals surface area contributed by atoms with Crippen LogP contribution in [-0.4, -0.2) is 19.3 Å². The second-order valence-corrected chi connectivity index (χ2v) is 6.59. The summed E-state index contributed by atoms with van der Waals surface area (Å²) in [7, 11) is 0. The highest BCUT2D eigenvalue weighted by molar-refractivity contribution is 9.11. The maximum absolute atomic E-state index is 5.49. The van der Waals surface area contributed by atoms with Crippen LogP contribution in [-0.2, 0) is 4.74 Å². The summed E-state index contributed by atoms with van der Waals surface area (Å²) in [5.74, 6) is 0. The molecule has 16 heavy (non-hydrogen) atoms. The van der Waals surface area contributed by atoms with Crippen LogP contribution in [0.3, 0.4) is 0 Å². The Balaban J connectivity index is 2.13. The van der Waals surface area contributed by atoms with Gasteiger partial charge in [0.1, 0.15) is 0 Å². The zero-order chi connectivity index (χ0) is 12.0. The predicted octanol–water partition coefficient (Wildman–Crippen LogP) is 3.98. The zero-order valence-corrected chi connectivity index (χ0v) is 12.5. The molecule has 1 N–H and O–H groups in total. The molecule has 0 aromatic carbocycles. The number of ether oxygens (including phenoxy) is 1. The zero-order valence-electron chi connectivity index (χ0n) is 10.1. The fraction of sp³-hybridized carbons (Fsp3) is 0.667. The largest absolute Gasteiger partial charge is 0.379 e. The standard InChI is InChI=1S/C12H20BrNOS/c1-9(2)15-8-4-7-14-10(3)11-5-6-12(13)16-11/h5-6,9-10,14H,4,7-8H2,1-3H3. The molecule has 1 heterocycles. The van der Waals surface area contributed by atoms with Crippen LogP contribution in [0, 0.1) is 0 Å². The van der Waals surface area contributed by atoms with Crippen molar-refractivity contribution < 1.29 is 4.74 Å². The summed E-state index contributed by atoms with van der Waals surface area (Å²) in [5.41, 5.74) is 0. The quantitative estimate of drug-likeness (QED) is 0.770. The summed E-state index contributed by atoms with van der Waals surface area (Å²) in [6, 6.07) is 4.69. The van der Waals surface area contributed by atoms with Gasteiger partial charge < -0.3 is 10.1 Å². The predicted molar refractivity (Wildman–Crippen MR) is 74.1 cm³/mol. The van der Waals surface area contributed by atoms with E-state index in [9.17, 15) is 0 Å². The van der Waals surface area contributed by atoms with Crippen LogP contribution < -0.4 is 5.32 Å². The molecule has 1 aromatic heterocycles. The van der Waals surface area contributed by atoms with Gasteiger partial charge in [-0.05, 0) is 61.8 Å². The van der Waals surface area contributed by atoms with Crippen molar-refractivity contribution in [1.29, 1.82) is 0 Å². The van der Waals surface area contributed by atoms with E-state index in [4.69, 9.17) is 4.74 Å². The Morgan fingerprint density at radius 3 is 2.69 bits per heavy atom. The second kappa shape index (κ2) is 7.43. The Bertz CT molecular complexity index is 301. The third-order valence-corrected chi connectivity index (χ3v) is 4.05. The van der Waals surface area contributed by atoms with E-state index < -0.39 is 0 Å². The van der Waals surface area contributed by atoms with Gasteiger partial charge in [0.05, 0.1) is 9.89 Å². The number of hydrogen-bond acceptors (Lipinski definition) is 3. The van der Waals surface area contributed by atoms with Crippen molar-refractivity contribution >= 4 is 27.3 Å². The van der Waals surface area contributed by atoms with Gasteiger partial charge in [0.15, 0.2) is 0 Å². The first-order valence-corrected chi connectivity index (χ1v) is 7.30. The molecule has 0 saturated heterocycles. The van der Waals surface area contributed by atoms with Crippen LogP contribution in [0.2, 0.25) is 0 Å². The van der Waals surface area contributed by atoms with Crippen LogP contribution in [0.1, 0.15) is 38.1 Å². The highest BCUT2D eigenvalue weighted by atomic mass is 79.9. The number of rotatable bonds is 7. The van der Waals surface area contributed by atoms with E-state index >= 15 is 0 Å². The molecule has 0 radical (unpaired) electrons. The summed E-state index contributed by atoms with van der Waals surface area (Å²) in [6.07, 6.45) is 1.40. The van der Waals surface area contributed by atoms with Gasteiger partial charge in [0, 0.05) is 17.5 Å². The molecule has 4 heteroatoms. The Hall–Kier alpha value is 0.1000. The summed E-state index contributed by atoms with van der Waals surface area (Å²) >= 11 is 5.27. The van der Waals surface area contributed by atoms with Gasteiger partial charge in [0.2, 0.25) is 0 Å². The third-order valence-electron chi connectivity index (χ3n) is 2.24. The van der Waals surface area contributed by atoms with E-state index in [0.29, 0.717) is 12.1 Å². The minimum atomic E-state index is 0.339. The Kier molecular flexibility index (Phi) is 6.58. The average molecular weight is 306 g/mol. The first kappa shape index (κ1) is 14.2. The highest BCUT2D eigenvalue weighted by Gasteiger charge is 2.06. The van der Waals surface area contributed by atoms with Crippen molar-refractivity contribution in [3.05, 3.63) is 20.8 Å². The molecule has 0 aliphatic carbocycles. The van der Waals surface area contributed by atoms with Crippen molar-refractivity contribution in [1.82, 2.24) is 5.32 Å². The summed E-state index contributed by atoms with van der Waals surface area (Å²) in [6.45, 7) is 8.18. The fourth-order valence-electron chi connectivity index (χ4n) is 1.37. The third kappa shape index (κ3) is 5.43. The molecule has 2 nitrogen and oxygen atoms in total. The molecular formula is C12H20BrNOS. The lowest BCUT2D eigenvalue weighted by atomic mass is 10.2. The summed E-state index contributed by atoms with van der Waals surface area (Å²) < 4.78 is 6.68. The number of hydrogen-bond donors (Lipinski definition) is 1. The van der Waals surface area contributed by atoms with Gasteiger partial charge in [0.25, 0.3) is 0 Å². The van der Waals surface area contributed by atoms with Crippen LogP contribution in [0.4, 0.5) is 0 Å². The van der Waals surface area contributed by atoms with Crippen molar-refractivity contribution in [3.8, 4) is 0 Å². The molecule has 0 fully saturated rings. The molecule has 1 rings (SSSR count). The Morgan fingerprint density at radius 2 is 2.12 bits per heavy atom. The molecule has 0 bridgehead atoms. The molecule has 0 amide bonds. The van der Waals surface area contributed by atoms with E-state index in [1.54, 1.807) is 11.3 Å². The van der Waals surface area contributed by atoms with E-state index in [2.05, 4.69) is 54.2 Å². The Morgan fingerprint density at radius 1 is 1.38 bits per heavy atom. The first-order valence-electron chi connectivity index (χ1n) is 5.70. The van der Waals surface area contributed by atoms with E-state index in [1.165, 1.54) is 8.66 Å². The molecule has 0 spiro atoms. The fourth-order valence-corrected chi connectivity index (χ4v) is 2.82. The number of thiophene rings is 1. The summed E-state index contributed by atoms with van der Waals surface area (Å²) in [4.78, 5) is 1.37. The van der Waals surface area contributed by atoms with E-state index in [-0.39, 0.29) is 0 Å². The van der Waals surface area contributed by atoms with Gasteiger partial charge in [-0.2, -0.15) is 0 Å². The SMILES string of the molecule is CC(C)OCCCNC(C)c1ccc(Br)s1. The van der Waals surface area contributed by atoms with Crippen LogP contribution in [0.5, 0.6) is 0 Å². The van der Waals surface area contributed by atoms with Crippen LogP contribution >= 0.6 is 27.3 Å². The lowest BCUT2D eigenvalue weighted by molar-refractivity contribution is 0.0768. The molecule has 0 aliphatic rings. The normalized spacial score (nSPS) is 13.3. The van der Waals surface area contributed by atoms with Gasteiger partial charge in [-0.25, -0.2) is 0 Å². The number of nitrogens with one attached hydrogen (secondary N) is 1. The molecule has 92 valence electrons. The van der Waals surface area contributed by atoms with Crippen molar-refractivity contribution in [2.75, 3.05) is 13.2 Å². The Labute approximate surface area is 111 Å². The molecule has 1 unspecified atom stereocenters. The lowest BCUT2D eigenvalue weighted by Crippen LogP contribution is -2.20. The summed E-state index contributed by atoms with van der Waals surface area (Å²) in [5, 5.41) is 3.50. The van der Waals surface area contributed by atoms with Crippen LogP contribution in [0.15, 0.2) is 15.9 Å². The highest BCUT2D eigenvalue weighted by Crippen LogP contribution is 2.26. The smallest absolute Gasteiger partial charge is 0.0701 e. The first-order chi connectivity index (χ1) is 7.59. The molecule has 0 saturated carbocycles. The minimum absolute atomic E-state index is 0.339. The molecule has 0 aliphatic heterocycles. The van der Waals surface area contributed by atoms with Gasteiger partial charge in [-0.3, -0.25) is 0 Å². The monoisotopic (exact) mass is 305 g/mol. The van der Waals surface area contributed by atoms with E-state index in [1.807, 2.05) is 0 Å². The van der Waals surface area contributed by atoms with Crippen molar-refractivity contribution in [2.24, 2.45) is 0 Å². The molecule has 1 aromatic rings. The van der Waals surface area contributed by atoms with Crippen molar-refractivity contribution in [2.45, 2.75) is 39.3 Å². The lowest BCUT2D eigenvalue weighted by Gasteiger charge is -2.12. The molecule has 1 atom stereocenters. The van der Waals surface area contributed by atoms with Gasteiger partial charge in [-0.1, -0.05) is 0 Å². The van der Waals surface area contributed by atoms with E-state index in [0.717, 1.165) is 19.6 Å². The van der Waals surface area contributed by atoms with Gasteiger partial charge >= 0.3 is 0 Å². The average Bonchev–Trinajstić information content (AvgIpc) is 2.63. The maximum atomic E-state index is 5.49. The van der Waals surface area contributed by atoms with Crippen LogP contribution in [0.25, 0.3) is 0 Å². The minimum Gasteiger partial charge on any atom is -0.379 e. The second-order valence-electron chi connectivity index (χ2n) is 4.09. The maximum Gasteiger partial charge on any atom is 0.0701 e. The molecular weight excluding hydrogens is 286 g/mol. The number of halogens is 1.